The second-order valence-electron chi connectivity index (χ2n) is 7.23. The minimum atomic E-state index is -0.305. The van der Waals surface area contributed by atoms with Gasteiger partial charge in [-0.3, -0.25) is 4.79 Å². The summed E-state index contributed by atoms with van der Waals surface area (Å²) < 4.78 is 11.2. The highest BCUT2D eigenvalue weighted by molar-refractivity contribution is 6.31. The summed E-state index contributed by atoms with van der Waals surface area (Å²) in [6.45, 7) is 6.89. The quantitative estimate of drug-likeness (QED) is 0.717. The van der Waals surface area contributed by atoms with Crippen LogP contribution in [0.15, 0.2) is 42.5 Å². The van der Waals surface area contributed by atoms with Gasteiger partial charge in [0, 0.05) is 29.2 Å². The zero-order valence-corrected chi connectivity index (χ0v) is 17.0. The Kier molecular flexibility index (Phi) is 7.51. The predicted octanol–water partition coefficient (Wildman–Crippen LogP) is 3.93. The average molecular weight is 391 g/mol. The van der Waals surface area contributed by atoms with Gasteiger partial charge in [-0.05, 0) is 38.5 Å². The van der Waals surface area contributed by atoms with Gasteiger partial charge in [0.05, 0.1) is 7.11 Å². The Labute approximate surface area is 166 Å². The zero-order valence-electron chi connectivity index (χ0n) is 16.3. The Bertz CT molecular complexity index is 772. The monoisotopic (exact) mass is 390 g/mol. The number of rotatable bonds is 8. The molecule has 1 amide bonds. The fourth-order valence-electron chi connectivity index (χ4n) is 2.59. The van der Waals surface area contributed by atoms with Crippen LogP contribution in [0.5, 0.6) is 11.5 Å². The van der Waals surface area contributed by atoms with Crippen LogP contribution >= 0.6 is 11.6 Å². The minimum absolute atomic E-state index is 0.0742. The lowest BCUT2D eigenvalue weighted by atomic mass is 10.1. The summed E-state index contributed by atoms with van der Waals surface area (Å²) in [5.74, 6) is 0.981. The number of halogens is 1. The maximum Gasteiger partial charge on any atom is 0.258 e. The van der Waals surface area contributed by atoms with Gasteiger partial charge in [0.25, 0.3) is 5.91 Å². The molecule has 0 fully saturated rings. The van der Waals surface area contributed by atoms with Crippen molar-refractivity contribution < 1.29 is 14.3 Å². The van der Waals surface area contributed by atoms with Crippen LogP contribution in [-0.4, -0.2) is 25.2 Å². The SMILES string of the molecule is COc1cccc(CNCc2ccccc2Cl)c1OCC(=O)NC(C)(C)C. The van der Waals surface area contributed by atoms with E-state index in [9.17, 15) is 4.79 Å². The number of methoxy groups -OCH3 is 1. The van der Waals surface area contributed by atoms with Crippen molar-refractivity contribution in [3.8, 4) is 11.5 Å². The molecular weight excluding hydrogens is 364 g/mol. The van der Waals surface area contributed by atoms with E-state index in [1.54, 1.807) is 7.11 Å². The molecule has 2 aromatic carbocycles. The van der Waals surface area contributed by atoms with Crippen LogP contribution in [0.3, 0.4) is 0 Å². The Morgan fingerprint density at radius 1 is 1.04 bits per heavy atom. The molecule has 0 saturated heterocycles. The zero-order chi connectivity index (χ0) is 19.9. The van der Waals surface area contributed by atoms with E-state index in [0.717, 1.165) is 16.1 Å². The van der Waals surface area contributed by atoms with E-state index >= 15 is 0 Å². The van der Waals surface area contributed by atoms with Crippen molar-refractivity contribution in [2.75, 3.05) is 13.7 Å². The first-order valence-electron chi connectivity index (χ1n) is 8.84. The number of para-hydroxylation sites is 1. The fraction of sp³-hybridized carbons (Fsp3) is 0.381. The fourth-order valence-corrected chi connectivity index (χ4v) is 2.79. The van der Waals surface area contributed by atoms with E-state index < -0.39 is 0 Å². The Hall–Kier alpha value is -2.24. The highest BCUT2D eigenvalue weighted by Gasteiger charge is 2.16. The van der Waals surface area contributed by atoms with E-state index in [-0.39, 0.29) is 18.1 Å². The summed E-state index contributed by atoms with van der Waals surface area (Å²) in [6.07, 6.45) is 0. The number of amides is 1. The smallest absolute Gasteiger partial charge is 0.258 e. The number of benzene rings is 2. The average Bonchev–Trinajstić information content (AvgIpc) is 2.60. The van der Waals surface area contributed by atoms with Gasteiger partial charge in [-0.1, -0.05) is 41.9 Å². The standard InChI is InChI=1S/C21H27ClN2O3/c1-21(2,3)24-19(25)14-27-20-16(9-7-11-18(20)26-4)13-23-12-15-8-5-6-10-17(15)22/h5-11,23H,12-14H2,1-4H3,(H,24,25). The molecular formula is C21H27ClN2O3. The number of carbonyl (C=O) groups excluding carboxylic acids is 1. The third kappa shape index (κ3) is 6.77. The molecule has 0 aromatic heterocycles. The van der Waals surface area contributed by atoms with Gasteiger partial charge in [0.2, 0.25) is 0 Å². The number of nitrogens with one attached hydrogen (secondary N) is 2. The molecule has 0 aliphatic rings. The van der Waals surface area contributed by atoms with Crippen LogP contribution in [0.25, 0.3) is 0 Å². The molecule has 0 radical (unpaired) electrons. The van der Waals surface area contributed by atoms with Crippen molar-refractivity contribution in [1.82, 2.24) is 10.6 Å². The van der Waals surface area contributed by atoms with Gasteiger partial charge in [-0.15, -0.1) is 0 Å². The van der Waals surface area contributed by atoms with E-state index in [1.165, 1.54) is 0 Å². The molecule has 6 heteroatoms. The Balaban J connectivity index is 2.03. The molecule has 0 unspecified atom stereocenters. The maximum atomic E-state index is 12.1. The van der Waals surface area contributed by atoms with E-state index in [1.807, 2.05) is 63.2 Å². The molecule has 0 bridgehead atoms. The highest BCUT2D eigenvalue weighted by Crippen LogP contribution is 2.31. The van der Waals surface area contributed by atoms with Crippen LogP contribution in [0, 0.1) is 0 Å². The van der Waals surface area contributed by atoms with Gasteiger partial charge >= 0.3 is 0 Å². The Morgan fingerprint density at radius 2 is 1.70 bits per heavy atom. The van der Waals surface area contributed by atoms with E-state index in [2.05, 4.69) is 10.6 Å². The maximum absolute atomic E-state index is 12.1. The van der Waals surface area contributed by atoms with Gasteiger partial charge in [-0.25, -0.2) is 0 Å². The molecule has 0 atom stereocenters. The summed E-state index contributed by atoms with van der Waals surface area (Å²) in [6, 6.07) is 13.4. The first-order chi connectivity index (χ1) is 12.8. The van der Waals surface area contributed by atoms with Crippen LogP contribution in [0.1, 0.15) is 31.9 Å². The molecule has 5 nitrogen and oxygen atoms in total. The normalized spacial score (nSPS) is 11.1. The van der Waals surface area contributed by atoms with Crippen molar-refractivity contribution in [3.05, 3.63) is 58.6 Å². The lowest BCUT2D eigenvalue weighted by Crippen LogP contribution is -2.43. The lowest BCUT2D eigenvalue weighted by Gasteiger charge is -2.21. The Morgan fingerprint density at radius 3 is 2.37 bits per heavy atom. The van der Waals surface area contributed by atoms with Crippen molar-refractivity contribution in [2.45, 2.75) is 39.4 Å². The molecule has 0 saturated carbocycles. The number of ether oxygens (including phenoxy) is 2. The van der Waals surface area contributed by atoms with Crippen LogP contribution < -0.4 is 20.1 Å². The first-order valence-corrected chi connectivity index (χ1v) is 9.22. The van der Waals surface area contributed by atoms with Gasteiger partial charge in [0.15, 0.2) is 18.1 Å². The predicted molar refractivity (Wildman–Crippen MR) is 108 cm³/mol. The molecule has 0 aliphatic heterocycles. The molecule has 2 rings (SSSR count). The molecule has 2 N–H and O–H groups in total. The molecule has 0 spiro atoms. The summed E-state index contributed by atoms with van der Waals surface area (Å²) in [7, 11) is 1.58. The second-order valence-corrected chi connectivity index (χ2v) is 7.64. The topological polar surface area (TPSA) is 59.6 Å². The van der Waals surface area contributed by atoms with Crippen LogP contribution in [-0.2, 0) is 17.9 Å². The summed E-state index contributed by atoms with van der Waals surface area (Å²) in [4.78, 5) is 12.1. The molecule has 0 aliphatic carbocycles. The van der Waals surface area contributed by atoms with Crippen molar-refractivity contribution in [3.63, 3.8) is 0 Å². The summed E-state index contributed by atoms with van der Waals surface area (Å²) in [5.41, 5.74) is 1.62. The van der Waals surface area contributed by atoms with Crippen LogP contribution in [0.2, 0.25) is 5.02 Å². The van der Waals surface area contributed by atoms with Gasteiger partial charge in [-0.2, -0.15) is 0 Å². The van der Waals surface area contributed by atoms with Crippen LogP contribution in [0.4, 0.5) is 0 Å². The number of hydrogen-bond donors (Lipinski definition) is 2. The molecule has 27 heavy (non-hydrogen) atoms. The summed E-state index contributed by atoms with van der Waals surface area (Å²) in [5, 5.41) is 6.97. The molecule has 146 valence electrons. The molecule has 2 aromatic rings. The van der Waals surface area contributed by atoms with Gasteiger partial charge in [0.1, 0.15) is 0 Å². The largest absolute Gasteiger partial charge is 0.493 e. The third-order valence-corrected chi connectivity index (χ3v) is 4.10. The highest BCUT2D eigenvalue weighted by atomic mass is 35.5. The third-order valence-electron chi connectivity index (χ3n) is 3.73. The van der Waals surface area contributed by atoms with Crippen molar-refractivity contribution >= 4 is 17.5 Å². The van der Waals surface area contributed by atoms with Crippen molar-refractivity contribution in [1.29, 1.82) is 0 Å². The van der Waals surface area contributed by atoms with E-state index in [4.69, 9.17) is 21.1 Å². The van der Waals surface area contributed by atoms with Gasteiger partial charge < -0.3 is 20.1 Å². The van der Waals surface area contributed by atoms with Crippen molar-refractivity contribution in [2.24, 2.45) is 0 Å². The minimum Gasteiger partial charge on any atom is -0.493 e. The second kappa shape index (κ2) is 9.62. The van der Waals surface area contributed by atoms with E-state index in [0.29, 0.717) is 24.6 Å². The first kappa shape index (κ1) is 21.1. The molecule has 0 heterocycles. The number of hydrogen-bond acceptors (Lipinski definition) is 4. The lowest BCUT2D eigenvalue weighted by molar-refractivity contribution is -0.124. The number of carbonyl (C=O) groups is 1. The summed E-state index contributed by atoms with van der Waals surface area (Å²) >= 11 is 6.19.